The molecule has 2 saturated heterocycles. The standard InChI is InChI=1S/C18H26BrN7O/c1-13(18(27)26-6-4-3-5-7-26)24-8-10-25(11-9-24)17-14-15(19)22-23(2)16(14)20-12-21-17/h12-13H,3-11H2,1-2H3/t13-/m0/s1. The second-order valence-corrected chi connectivity index (χ2v) is 8.15. The molecule has 2 aromatic heterocycles. The Morgan fingerprint density at radius 3 is 2.48 bits per heavy atom. The Kier molecular flexibility index (Phi) is 5.32. The minimum atomic E-state index is -0.0548. The number of likely N-dealkylation sites (tertiary alicyclic amines) is 1. The Morgan fingerprint density at radius 1 is 1.07 bits per heavy atom. The molecule has 0 spiro atoms. The fourth-order valence-electron chi connectivity index (χ4n) is 4.12. The fraction of sp³-hybridized carbons (Fsp3) is 0.667. The summed E-state index contributed by atoms with van der Waals surface area (Å²) in [5, 5.41) is 5.36. The third-order valence-electron chi connectivity index (χ3n) is 5.74. The van der Waals surface area contributed by atoms with E-state index >= 15 is 0 Å². The molecular formula is C18H26BrN7O. The maximum absolute atomic E-state index is 12.8. The van der Waals surface area contributed by atoms with E-state index in [9.17, 15) is 4.79 Å². The molecule has 0 radical (unpaired) electrons. The minimum Gasteiger partial charge on any atom is -0.353 e. The number of fused-ring (bicyclic) bond motifs is 1. The predicted octanol–water partition coefficient (Wildman–Crippen LogP) is 1.65. The molecule has 0 N–H and O–H groups in total. The van der Waals surface area contributed by atoms with Gasteiger partial charge in [0, 0.05) is 46.3 Å². The van der Waals surface area contributed by atoms with Crippen LogP contribution in [0.2, 0.25) is 0 Å². The zero-order valence-corrected chi connectivity index (χ0v) is 17.5. The third kappa shape index (κ3) is 3.54. The maximum Gasteiger partial charge on any atom is 0.239 e. The number of hydrogen-bond acceptors (Lipinski definition) is 6. The molecule has 0 aromatic carbocycles. The average Bonchev–Trinajstić information content (AvgIpc) is 3.01. The van der Waals surface area contributed by atoms with Gasteiger partial charge in [-0.3, -0.25) is 9.69 Å². The van der Waals surface area contributed by atoms with Crippen LogP contribution >= 0.6 is 15.9 Å². The molecule has 27 heavy (non-hydrogen) atoms. The number of anilines is 1. The monoisotopic (exact) mass is 435 g/mol. The Hall–Kier alpha value is -1.74. The van der Waals surface area contributed by atoms with E-state index in [1.165, 1.54) is 6.42 Å². The molecule has 2 aliphatic heterocycles. The van der Waals surface area contributed by atoms with Crippen molar-refractivity contribution in [3.8, 4) is 0 Å². The van der Waals surface area contributed by atoms with Crippen molar-refractivity contribution in [2.45, 2.75) is 32.2 Å². The molecule has 4 rings (SSSR count). The van der Waals surface area contributed by atoms with Crippen molar-refractivity contribution in [2.75, 3.05) is 44.2 Å². The number of hydrogen-bond donors (Lipinski definition) is 0. The van der Waals surface area contributed by atoms with Crippen LogP contribution in [0.3, 0.4) is 0 Å². The van der Waals surface area contributed by atoms with Gasteiger partial charge >= 0.3 is 0 Å². The van der Waals surface area contributed by atoms with E-state index in [4.69, 9.17) is 0 Å². The fourth-order valence-corrected chi connectivity index (χ4v) is 4.71. The first-order valence-electron chi connectivity index (χ1n) is 9.67. The molecular weight excluding hydrogens is 410 g/mol. The smallest absolute Gasteiger partial charge is 0.239 e. The van der Waals surface area contributed by atoms with Crippen LogP contribution in [0.1, 0.15) is 26.2 Å². The molecule has 2 aliphatic rings. The number of amides is 1. The van der Waals surface area contributed by atoms with Gasteiger partial charge in [0.2, 0.25) is 5.91 Å². The molecule has 146 valence electrons. The molecule has 0 aliphatic carbocycles. The van der Waals surface area contributed by atoms with Crippen molar-refractivity contribution >= 4 is 38.7 Å². The van der Waals surface area contributed by atoms with Crippen LogP contribution in [0, 0.1) is 0 Å². The summed E-state index contributed by atoms with van der Waals surface area (Å²) >= 11 is 3.53. The van der Waals surface area contributed by atoms with Crippen LogP contribution in [-0.4, -0.2) is 80.8 Å². The lowest BCUT2D eigenvalue weighted by Gasteiger charge is -2.40. The molecule has 4 heterocycles. The van der Waals surface area contributed by atoms with Gasteiger partial charge in [0.25, 0.3) is 0 Å². The summed E-state index contributed by atoms with van der Waals surface area (Å²) in [5.74, 6) is 1.19. The highest BCUT2D eigenvalue weighted by atomic mass is 79.9. The summed E-state index contributed by atoms with van der Waals surface area (Å²) in [6, 6.07) is -0.0548. The largest absolute Gasteiger partial charge is 0.353 e. The van der Waals surface area contributed by atoms with E-state index in [-0.39, 0.29) is 11.9 Å². The first-order valence-corrected chi connectivity index (χ1v) is 10.5. The normalized spacial score (nSPS) is 20.3. The number of aromatic nitrogens is 4. The lowest BCUT2D eigenvalue weighted by atomic mass is 10.1. The molecule has 0 unspecified atom stereocenters. The van der Waals surface area contributed by atoms with Crippen molar-refractivity contribution in [2.24, 2.45) is 7.05 Å². The summed E-state index contributed by atoms with van der Waals surface area (Å²) < 4.78 is 2.53. The van der Waals surface area contributed by atoms with E-state index in [1.54, 1.807) is 11.0 Å². The average molecular weight is 436 g/mol. The lowest BCUT2D eigenvalue weighted by molar-refractivity contribution is -0.137. The Morgan fingerprint density at radius 2 is 1.78 bits per heavy atom. The molecule has 2 aromatic rings. The van der Waals surface area contributed by atoms with Gasteiger partial charge in [-0.05, 0) is 42.1 Å². The minimum absolute atomic E-state index is 0.0548. The quantitative estimate of drug-likeness (QED) is 0.729. The van der Waals surface area contributed by atoms with Crippen LogP contribution in [0.25, 0.3) is 11.0 Å². The lowest BCUT2D eigenvalue weighted by Crippen LogP contribution is -2.55. The number of halogens is 1. The van der Waals surface area contributed by atoms with Gasteiger partial charge in [-0.2, -0.15) is 5.10 Å². The van der Waals surface area contributed by atoms with Gasteiger partial charge < -0.3 is 9.80 Å². The molecule has 9 heteroatoms. The van der Waals surface area contributed by atoms with E-state index in [0.717, 1.165) is 73.6 Å². The number of rotatable bonds is 3. The van der Waals surface area contributed by atoms with Crippen molar-refractivity contribution in [3.63, 3.8) is 0 Å². The van der Waals surface area contributed by atoms with E-state index in [0.29, 0.717) is 0 Å². The first kappa shape index (κ1) is 18.6. The second-order valence-electron chi connectivity index (χ2n) is 7.40. The van der Waals surface area contributed by atoms with Crippen LogP contribution < -0.4 is 4.90 Å². The van der Waals surface area contributed by atoms with Crippen molar-refractivity contribution in [1.29, 1.82) is 0 Å². The second kappa shape index (κ2) is 7.71. The molecule has 1 atom stereocenters. The number of carbonyl (C=O) groups excluding carboxylic acids is 1. The highest BCUT2D eigenvalue weighted by molar-refractivity contribution is 9.10. The van der Waals surface area contributed by atoms with Crippen molar-refractivity contribution in [1.82, 2.24) is 29.5 Å². The van der Waals surface area contributed by atoms with Crippen LogP contribution in [0.5, 0.6) is 0 Å². The first-order chi connectivity index (χ1) is 13.1. The number of nitrogens with zero attached hydrogens (tertiary/aromatic N) is 7. The molecule has 1 amide bonds. The summed E-state index contributed by atoms with van der Waals surface area (Å²) in [6.07, 6.45) is 5.11. The zero-order valence-electron chi connectivity index (χ0n) is 15.9. The number of piperidine rings is 1. The topological polar surface area (TPSA) is 70.4 Å². The molecule has 8 nitrogen and oxygen atoms in total. The SMILES string of the molecule is C[C@@H](C(=O)N1CCCCC1)N1CCN(c2ncnc3c2c(Br)nn3C)CC1. The summed E-state index contributed by atoms with van der Waals surface area (Å²) in [4.78, 5) is 28.3. The van der Waals surface area contributed by atoms with Crippen molar-refractivity contribution in [3.05, 3.63) is 10.9 Å². The number of carbonyl (C=O) groups is 1. The maximum atomic E-state index is 12.8. The summed E-state index contributed by atoms with van der Waals surface area (Å²) in [5.41, 5.74) is 0.822. The molecule has 0 saturated carbocycles. The Balaban J connectivity index is 1.44. The van der Waals surface area contributed by atoms with Crippen LogP contribution in [0.15, 0.2) is 10.9 Å². The van der Waals surface area contributed by atoms with Crippen LogP contribution in [0.4, 0.5) is 5.82 Å². The van der Waals surface area contributed by atoms with Gasteiger partial charge in [-0.25, -0.2) is 14.6 Å². The molecule has 2 fully saturated rings. The van der Waals surface area contributed by atoms with Gasteiger partial charge in [-0.1, -0.05) is 0 Å². The van der Waals surface area contributed by atoms with E-state index in [1.807, 2.05) is 18.9 Å². The van der Waals surface area contributed by atoms with Gasteiger partial charge in [0.15, 0.2) is 5.65 Å². The Labute approximate surface area is 167 Å². The highest BCUT2D eigenvalue weighted by Crippen LogP contribution is 2.30. The highest BCUT2D eigenvalue weighted by Gasteiger charge is 2.30. The van der Waals surface area contributed by atoms with E-state index in [2.05, 4.69) is 40.8 Å². The molecule has 0 bridgehead atoms. The van der Waals surface area contributed by atoms with Gasteiger partial charge in [-0.15, -0.1) is 0 Å². The van der Waals surface area contributed by atoms with Crippen molar-refractivity contribution < 1.29 is 4.79 Å². The summed E-state index contributed by atoms with van der Waals surface area (Å²) in [6.45, 7) is 7.26. The van der Waals surface area contributed by atoms with E-state index < -0.39 is 0 Å². The van der Waals surface area contributed by atoms with Gasteiger partial charge in [0.05, 0.1) is 11.4 Å². The number of piperazine rings is 1. The predicted molar refractivity (Wildman–Crippen MR) is 108 cm³/mol. The van der Waals surface area contributed by atoms with Crippen LogP contribution in [-0.2, 0) is 11.8 Å². The third-order valence-corrected chi connectivity index (χ3v) is 6.30. The summed E-state index contributed by atoms with van der Waals surface area (Å²) in [7, 11) is 1.88. The van der Waals surface area contributed by atoms with Gasteiger partial charge in [0.1, 0.15) is 16.7 Å². The Bertz CT molecular complexity index is 824. The zero-order chi connectivity index (χ0) is 19.0. The number of aryl methyl sites for hydroxylation is 1.